The molecule has 0 radical (unpaired) electrons. The van der Waals surface area contributed by atoms with Crippen molar-refractivity contribution in [3.8, 4) is 0 Å². The third-order valence-corrected chi connectivity index (χ3v) is 3.25. The number of piperidine rings is 1. The molecule has 0 saturated carbocycles. The number of halogens is 2. The van der Waals surface area contributed by atoms with Gasteiger partial charge in [-0.25, -0.2) is 8.78 Å². The zero-order valence-corrected chi connectivity index (χ0v) is 12.6. The van der Waals surface area contributed by atoms with Crippen LogP contribution in [-0.2, 0) is 9.53 Å². The molecule has 2 N–H and O–H groups in total. The highest BCUT2D eigenvalue weighted by atomic mass is 19.3. The predicted octanol–water partition coefficient (Wildman–Crippen LogP) is 2.17. The third-order valence-electron chi connectivity index (χ3n) is 3.25. The van der Waals surface area contributed by atoms with Crippen LogP contribution in [0.2, 0.25) is 0 Å². The molecule has 0 unspecified atom stereocenters. The molecule has 1 aliphatic heterocycles. The standard InChI is InChI=1S/C14H26F2N2O2/c1-13(2,3)20-12(19)10-11(17)4-7-18-8-5-14(15,16)6-9-18/h11H,4-10,17H2,1-3H3/t11-/m0/s1. The van der Waals surface area contributed by atoms with Gasteiger partial charge in [0, 0.05) is 32.0 Å². The Morgan fingerprint density at radius 3 is 2.40 bits per heavy atom. The Bertz CT molecular complexity index is 320. The first-order valence-electron chi connectivity index (χ1n) is 7.15. The molecule has 1 atom stereocenters. The molecule has 1 rings (SSSR count). The maximum Gasteiger partial charge on any atom is 0.307 e. The van der Waals surface area contributed by atoms with Gasteiger partial charge in [0.2, 0.25) is 0 Å². The molecule has 0 spiro atoms. The smallest absolute Gasteiger partial charge is 0.307 e. The van der Waals surface area contributed by atoms with Crippen molar-refractivity contribution in [2.45, 2.75) is 64.0 Å². The Kier molecular flexibility index (Phi) is 5.89. The summed E-state index contributed by atoms with van der Waals surface area (Å²) in [4.78, 5) is 13.6. The summed E-state index contributed by atoms with van der Waals surface area (Å²) in [5.41, 5.74) is 5.38. The Hall–Kier alpha value is -0.750. The largest absolute Gasteiger partial charge is 0.460 e. The first-order chi connectivity index (χ1) is 9.07. The van der Waals surface area contributed by atoms with Gasteiger partial charge in [-0.3, -0.25) is 4.79 Å². The molecule has 0 amide bonds. The summed E-state index contributed by atoms with van der Waals surface area (Å²) in [5, 5.41) is 0. The van der Waals surface area contributed by atoms with Crippen LogP contribution in [-0.4, -0.2) is 48.1 Å². The van der Waals surface area contributed by atoms with Crippen LogP contribution in [0, 0.1) is 0 Å². The van der Waals surface area contributed by atoms with Crippen LogP contribution < -0.4 is 5.73 Å². The van der Waals surface area contributed by atoms with Gasteiger partial charge in [0.05, 0.1) is 6.42 Å². The number of carbonyl (C=O) groups is 1. The number of likely N-dealkylation sites (tertiary alicyclic amines) is 1. The molecule has 0 aliphatic carbocycles. The minimum absolute atomic E-state index is 0.0890. The summed E-state index contributed by atoms with van der Waals surface area (Å²) in [6.07, 6.45) is 0.606. The van der Waals surface area contributed by atoms with Gasteiger partial charge in [0.15, 0.2) is 0 Å². The van der Waals surface area contributed by atoms with Gasteiger partial charge in [0.25, 0.3) is 5.92 Å². The van der Waals surface area contributed by atoms with Gasteiger partial charge in [-0.2, -0.15) is 0 Å². The van der Waals surface area contributed by atoms with Crippen LogP contribution in [0.5, 0.6) is 0 Å². The van der Waals surface area contributed by atoms with Crippen molar-refractivity contribution < 1.29 is 18.3 Å². The Labute approximate surface area is 119 Å². The minimum atomic E-state index is -2.52. The molecular weight excluding hydrogens is 266 g/mol. The quantitative estimate of drug-likeness (QED) is 0.789. The van der Waals surface area contributed by atoms with Crippen molar-refractivity contribution in [3.05, 3.63) is 0 Å². The van der Waals surface area contributed by atoms with Gasteiger partial charge in [-0.1, -0.05) is 0 Å². The number of rotatable bonds is 5. The van der Waals surface area contributed by atoms with E-state index in [4.69, 9.17) is 10.5 Å². The lowest BCUT2D eigenvalue weighted by Crippen LogP contribution is -2.41. The lowest BCUT2D eigenvalue weighted by Gasteiger charge is -2.32. The van der Waals surface area contributed by atoms with E-state index in [1.165, 1.54) is 0 Å². The van der Waals surface area contributed by atoms with Gasteiger partial charge in [0.1, 0.15) is 5.60 Å². The zero-order valence-electron chi connectivity index (χ0n) is 12.6. The average molecular weight is 292 g/mol. The van der Waals surface area contributed by atoms with E-state index in [0.29, 0.717) is 26.1 Å². The highest BCUT2D eigenvalue weighted by Crippen LogP contribution is 2.27. The first-order valence-corrected chi connectivity index (χ1v) is 7.15. The summed E-state index contributed by atoms with van der Waals surface area (Å²) < 4.78 is 31.2. The van der Waals surface area contributed by atoms with Gasteiger partial charge in [-0.05, 0) is 33.7 Å². The Balaban J connectivity index is 2.20. The molecule has 6 heteroatoms. The molecule has 4 nitrogen and oxygen atoms in total. The normalized spacial score (nSPS) is 21.5. The van der Waals surface area contributed by atoms with E-state index in [1.54, 1.807) is 0 Å². The molecule has 0 aromatic heterocycles. The molecule has 1 fully saturated rings. The second-order valence-electron chi connectivity index (χ2n) is 6.54. The van der Waals surface area contributed by atoms with E-state index in [2.05, 4.69) is 0 Å². The maximum atomic E-state index is 13.0. The summed E-state index contributed by atoms with van der Waals surface area (Å²) in [6.45, 7) is 6.87. The minimum Gasteiger partial charge on any atom is -0.460 e. The van der Waals surface area contributed by atoms with E-state index < -0.39 is 11.5 Å². The number of hydrogen-bond donors (Lipinski definition) is 1. The lowest BCUT2D eigenvalue weighted by atomic mass is 10.1. The van der Waals surface area contributed by atoms with Gasteiger partial charge >= 0.3 is 5.97 Å². The molecule has 0 aromatic rings. The Morgan fingerprint density at radius 1 is 1.35 bits per heavy atom. The van der Waals surface area contributed by atoms with Crippen LogP contribution in [0.4, 0.5) is 8.78 Å². The fourth-order valence-corrected chi connectivity index (χ4v) is 2.15. The van der Waals surface area contributed by atoms with E-state index in [9.17, 15) is 13.6 Å². The molecular formula is C14H26F2N2O2. The molecule has 118 valence electrons. The number of nitrogens with zero attached hydrogens (tertiary/aromatic N) is 1. The van der Waals surface area contributed by atoms with Crippen LogP contribution in [0.1, 0.15) is 46.5 Å². The highest BCUT2D eigenvalue weighted by Gasteiger charge is 2.33. The zero-order chi connectivity index (χ0) is 15.4. The third kappa shape index (κ3) is 7.14. The second-order valence-corrected chi connectivity index (χ2v) is 6.54. The molecule has 1 saturated heterocycles. The molecule has 0 aromatic carbocycles. The monoisotopic (exact) mass is 292 g/mol. The van der Waals surface area contributed by atoms with Crippen molar-refractivity contribution in [2.24, 2.45) is 5.73 Å². The van der Waals surface area contributed by atoms with Gasteiger partial charge in [-0.15, -0.1) is 0 Å². The first kappa shape index (κ1) is 17.3. The number of ether oxygens (including phenoxy) is 1. The van der Waals surface area contributed by atoms with Crippen LogP contribution >= 0.6 is 0 Å². The molecule has 1 heterocycles. The predicted molar refractivity (Wildman–Crippen MR) is 73.7 cm³/mol. The van der Waals surface area contributed by atoms with Crippen molar-refractivity contribution in [3.63, 3.8) is 0 Å². The number of hydrogen-bond acceptors (Lipinski definition) is 4. The van der Waals surface area contributed by atoms with Crippen molar-refractivity contribution in [2.75, 3.05) is 19.6 Å². The summed E-state index contributed by atoms with van der Waals surface area (Å²) in [7, 11) is 0. The Morgan fingerprint density at radius 2 is 1.90 bits per heavy atom. The van der Waals surface area contributed by atoms with Crippen LogP contribution in [0.25, 0.3) is 0 Å². The number of esters is 1. The molecule has 1 aliphatic rings. The molecule has 20 heavy (non-hydrogen) atoms. The average Bonchev–Trinajstić information content (AvgIpc) is 2.24. The summed E-state index contributed by atoms with van der Waals surface area (Å²) in [6, 6.07) is -0.285. The topological polar surface area (TPSA) is 55.6 Å². The van der Waals surface area contributed by atoms with Crippen molar-refractivity contribution >= 4 is 5.97 Å². The van der Waals surface area contributed by atoms with E-state index in [0.717, 1.165) is 0 Å². The maximum absolute atomic E-state index is 13.0. The van der Waals surface area contributed by atoms with Crippen molar-refractivity contribution in [1.29, 1.82) is 0 Å². The number of nitrogens with two attached hydrogens (primary N) is 1. The lowest BCUT2D eigenvalue weighted by molar-refractivity contribution is -0.155. The van der Waals surface area contributed by atoms with E-state index in [1.807, 2.05) is 25.7 Å². The second kappa shape index (κ2) is 6.80. The van der Waals surface area contributed by atoms with Crippen LogP contribution in [0.3, 0.4) is 0 Å². The number of carbonyl (C=O) groups excluding carboxylic acids is 1. The van der Waals surface area contributed by atoms with Crippen molar-refractivity contribution in [1.82, 2.24) is 4.90 Å². The summed E-state index contributed by atoms with van der Waals surface area (Å²) in [5.74, 6) is -2.83. The van der Waals surface area contributed by atoms with E-state index >= 15 is 0 Å². The van der Waals surface area contributed by atoms with Gasteiger partial charge < -0.3 is 15.4 Å². The fourth-order valence-electron chi connectivity index (χ4n) is 2.15. The SMILES string of the molecule is CC(C)(C)OC(=O)C[C@@H](N)CCN1CCC(F)(F)CC1. The van der Waals surface area contributed by atoms with Crippen LogP contribution in [0.15, 0.2) is 0 Å². The highest BCUT2D eigenvalue weighted by molar-refractivity contribution is 5.70. The summed E-state index contributed by atoms with van der Waals surface area (Å²) >= 11 is 0. The fraction of sp³-hybridized carbons (Fsp3) is 0.929. The molecule has 0 bridgehead atoms. The number of alkyl halides is 2. The van der Waals surface area contributed by atoms with E-state index in [-0.39, 0.29) is 31.3 Å².